The molecule has 0 saturated carbocycles. The summed E-state index contributed by atoms with van der Waals surface area (Å²) in [4.78, 5) is 13.2. The largest absolute Gasteiger partial charge is 0.361 e. The van der Waals surface area contributed by atoms with Crippen LogP contribution in [-0.2, 0) is 10.9 Å². The summed E-state index contributed by atoms with van der Waals surface area (Å²) in [7, 11) is -0.0854. The molecule has 2 heteroatoms. The molecular formula is C32H57OS+. The number of unbranched alkanes of at least 4 members (excludes halogenated alkanes) is 19. The third-order valence-corrected chi connectivity index (χ3v) is 9.33. The Morgan fingerprint density at radius 3 is 1.18 bits per heavy atom. The van der Waals surface area contributed by atoms with Crippen LogP contribution < -0.4 is 0 Å². The molecule has 0 aliphatic rings. The minimum absolute atomic E-state index is 0.0854. The number of benzene rings is 1. The fraction of sp³-hybridized carbons (Fsp3) is 0.781. The van der Waals surface area contributed by atoms with Crippen molar-refractivity contribution in [3.63, 3.8) is 0 Å². The molecule has 0 aliphatic carbocycles. The zero-order valence-electron chi connectivity index (χ0n) is 23.0. The van der Waals surface area contributed by atoms with E-state index in [1.54, 1.807) is 0 Å². The van der Waals surface area contributed by atoms with Crippen LogP contribution in [0.2, 0.25) is 0 Å². The van der Waals surface area contributed by atoms with Crippen molar-refractivity contribution in [3.8, 4) is 0 Å². The van der Waals surface area contributed by atoms with Crippen molar-refractivity contribution in [2.45, 2.75) is 149 Å². The summed E-state index contributed by atoms with van der Waals surface area (Å²) in [5.41, 5.74) is 0.931. The Bertz CT molecular complexity index is 555. The Kier molecular flexibility index (Phi) is 22.0. The fourth-order valence-corrected chi connectivity index (χ4v) is 6.88. The van der Waals surface area contributed by atoms with Crippen LogP contribution in [-0.4, -0.2) is 16.6 Å². The van der Waals surface area contributed by atoms with Gasteiger partial charge in [0.1, 0.15) is 11.5 Å². The lowest BCUT2D eigenvalue weighted by molar-refractivity contribution is 0.108. The number of rotatable bonds is 24. The molecule has 0 aliphatic heterocycles. The molecule has 1 aromatic rings. The van der Waals surface area contributed by atoms with Crippen LogP contribution in [0.3, 0.4) is 0 Å². The van der Waals surface area contributed by atoms with E-state index in [1.165, 1.54) is 135 Å². The molecule has 0 saturated heterocycles. The molecule has 196 valence electrons. The van der Waals surface area contributed by atoms with Gasteiger partial charge in [-0.25, -0.2) is 4.79 Å². The van der Waals surface area contributed by atoms with E-state index in [4.69, 9.17) is 0 Å². The van der Waals surface area contributed by atoms with Gasteiger partial charge in [0.15, 0.2) is 0 Å². The third-order valence-electron chi connectivity index (χ3n) is 7.01. The summed E-state index contributed by atoms with van der Waals surface area (Å²) < 4.78 is 0. The zero-order chi connectivity index (χ0) is 24.5. The highest BCUT2D eigenvalue weighted by Gasteiger charge is 2.29. The monoisotopic (exact) mass is 489 g/mol. The summed E-state index contributed by atoms with van der Waals surface area (Å²) in [5, 5.41) is 0.420. The molecule has 0 amide bonds. The first-order valence-corrected chi connectivity index (χ1v) is 16.6. The summed E-state index contributed by atoms with van der Waals surface area (Å²) in [6.07, 6.45) is 28.8. The number of hydrogen-bond acceptors (Lipinski definition) is 1. The molecule has 0 N–H and O–H groups in total. The SMILES string of the molecule is CCCCCCCCCCCCC[S+](CCCCCCCCCCCC)C(=O)c1ccccc1. The van der Waals surface area contributed by atoms with Gasteiger partial charge >= 0.3 is 5.12 Å². The molecule has 0 aromatic heterocycles. The first kappa shape index (κ1) is 31.3. The zero-order valence-corrected chi connectivity index (χ0v) is 23.8. The third kappa shape index (κ3) is 17.6. The average Bonchev–Trinajstić information content (AvgIpc) is 2.87. The normalized spacial score (nSPS) is 12.2. The van der Waals surface area contributed by atoms with Crippen molar-refractivity contribution >= 4 is 16.0 Å². The van der Waals surface area contributed by atoms with Crippen LogP contribution in [0.25, 0.3) is 0 Å². The van der Waals surface area contributed by atoms with E-state index in [-0.39, 0.29) is 10.9 Å². The molecule has 1 nitrogen and oxygen atoms in total. The summed E-state index contributed by atoms with van der Waals surface area (Å²) in [6.45, 7) is 4.57. The first-order chi connectivity index (χ1) is 16.8. The molecular weight excluding hydrogens is 432 g/mol. The van der Waals surface area contributed by atoms with Gasteiger partial charge in [0, 0.05) is 0 Å². The maximum Gasteiger partial charge on any atom is 0.361 e. The topological polar surface area (TPSA) is 17.1 Å². The van der Waals surface area contributed by atoms with Gasteiger partial charge in [0.25, 0.3) is 0 Å². The molecule has 1 aromatic carbocycles. The second-order valence-corrected chi connectivity index (χ2v) is 12.4. The second kappa shape index (κ2) is 24.0. The molecule has 0 heterocycles. The Hall–Kier alpha value is -0.760. The van der Waals surface area contributed by atoms with Gasteiger partial charge in [-0.3, -0.25) is 0 Å². The van der Waals surface area contributed by atoms with E-state index >= 15 is 0 Å². The summed E-state index contributed by atoms with van der Waals surface area (Å²) >= 11 is 0. The molecule has 0 radical (unpaired) electrons. The molecule has 1 unspecified atom stereocenters. The van der Waals surface area contributed by atoms with Crippen LogP contribution in [0.15, 0.2) is 30.3 Å². The number of hydrogen-bond donors (Lipinski definition) is 0. The number of carbonyl (C=O) groups excluding carboxylic acids is 1. The smallest absolute Gasteiger partial charge is 0.232 e. The lowest BCUT2D eigenvalue weighted by Gasteiger charge is -2.08. The highest BCUT2D eigenvalue weighted by atomic mass is 32.2. The standard InChI is InChI=1S/C32H57OS/c1-3-5-7-9-11-13-15-17-19-21-26-30-34(32(33)31-27-23-22-24-28-31)29-25-20-18-16-14-12-10-8-6-4-2/h22-24,27-28H,3-21,25-26,29-30H2,1-2H3/q+1. The van der Waals surface area contributed by atoms with Crippen LogP contribution in [0.1, 0.15) is 159 Å². The second-order valence-electron chi connectivity index (χ2n) is 10.3. The summed E-state index contributed by atoms with van der Waals surface area (Å²) in [6, 6.07) is 10.1. The van der Waals surface area contributed by atoms with Crippen LogP contribution in [0.5, 0.6) is 0 Å². The van der Waals surface area contributed by atoms with E-state index in [9.17, 15) is 4.79 Å². The van der Waals surface area contributed by atoms with E-state index in [0.717, 1.165) is 17.1 Å². The predicted molar refractivity (Wildman–Crippen MR) is 156 cm³/mol. The molecule has 0 bridgehead atoms. The van der Waals surface area contributed by atoms with Gasteiger partial charge in [0.05, 0.1) is 16.5 Å². The van der Waals surface area contributed by atoms with E-state index in [0.29, 0.717) is 5.12 Å². The predicted octanol–water partition coefficient (Wildman–Crippen LogP) is 10.7. The van der Waals surface area contributed by atoms with Crippen molar-refractivity contribution in [3.05, 3.63) is 35.9 Å². The molecule has 1 atom stereocenters. The Labute approximate surface area is 216 Å². The summed E-state index contributed by atoms with van der Waals surface area (Å²) in [5.74, 6) is 2.23. The van der Waals surface area contributed by atoms with Gasteiger partial charge in [-0.05, 0) is 37.8 Å². The van der Waals surface area contributed by atoms with Crippen molar-refractivity contribution in [2.75, 3.05) is 11.5 Å². The maximum absolute atomic E-state index is 13.2. The van der Waals surface area contributed by atoms with Crippen molar-refractivity contribution in [1.29, 1.82) is 0 Å². The first-order valence-electron chi connectivity index (χ1n) is 15.1. The van der Waals surface area contributed by atoms with Gasteiger partial charge in [-0.1, -0.05) is 141 Å². The van der Waals surface area contributed by atoms with E-state index < -0.39 is 0 Å². The van der Waals surface area contributed by atoms with Crippen LogP contribution in [0, 0.1) is 0 Å². The quantitative estimate of drug-likeness (QED) is 0.104. The highest BCUT2D eigenvalue weighted by molar-refractivity contribution is 8.11. The van der Waals surface area contributed by atoms with Gasteiger partial charge in [-0.15, -0.1) is 0 Å². The van der Waals surface area contributed by atoms with Gasteiger partial charge < -0.3 is 0 Å². The minimum Gasteiger partial charge on any atom is -0.232 e. The van der Waals surface area contributed by atoms with Crippen molar-refractivity contribution in [2.24, 2.45) is 0 Å². The molecule has 0 fully saturated rings. The Balaban J connectivity index is 2.20. The molecule has 1 rings (SSSR count). The number of carbonyl (C=O) groups is 1. The Morgan fingerprint density at radius 1 is 0.500 bits per heavy atom. The molecule has 34 heavy (non-hydrogen) atoms. The maximum atomic E-state index is 13.2. The molecule has 0 spiro atoms. The minimum atomic E-state index is -0.0854. The van der Waals surface area contributed by atoms with Crippen molar-refractivity contribution < 1.29 is 4.79 Å². The van der Waals surface area contributed by atoms with E-state index in [2.05, 4.69) is 13.8 Å². The Morgan fingerprint density at radius 2 is 0.824 bits per heavy atom. The average molecular weight is 490 g/mol. The highest BCUT2D eigenvalue weighted by Crippen LogP contribution is 2.17. The van der Waals surface area contributed by atoms with Gasteiger partial charge in [-0.2, -0.15) is 0 Å². The lowest BCUT2D eigenvalue weighted by atomic mass is 10.1. The lowest BCUT2D eigenvalue weighted by Crippen LogP contribution is -2.23. The van der Waals surface area contributed by atoms with Crippen LogP contribution >= 0.6 is 0 Å². The van der Waals surface area contributed by atoms with Crippen LogP contribution in [0.4, 0.5) is 0 Å². The fourth-order valence-electron chi connectivity index (χ4n) is 4.73. The van der Waals surface area contributed by atoms with Crippen molar-refractivity contribution in [1.82, 2.24) is 0 Å². The van der Waals surface area contributed by atoms with Gasteiger partial charge in [0.2, 0.25) is 0 Å². The van der Waals surface area contributed by atoms with E-state index in [1.807, 2.05) is 30.3 Å².